The topological polar surface area (TPSA) is 92.7 Å². The van der Waals surface area contributed by atoms with Crippen molar-refractivity contribution in [1.82, 2.24) is 4.72 Å². The molecule has 0 amide bonds. The van der Waals surface area contributed by atoms with Crippen LogP contribution in [0.1, 0.15) is 18.4 Å². The van der Waals surface area contributed by atoms with Crippen molar-refractivity contribution in [3.63, 3.8) is 0 Å². The maximum absolute atomic E-state index is 12.4. The maximum Gasteiger partial charge on any atom is 0.313 e. The molecular formula is C14H18ClNO5S. The number of rotatable bonds is 5. The molecule has 1 aliphatic heterocycles. The summed E-state index contributed by atoms with van der Waals surface area (Å²) in [5.41, 5.74) is -0.682. The van der Waals surface area contributed by atoms with Crippen molar-refractivity contribution in [2.45, 2.75) is 24.7 Å². The fourth-order valence-electron chi connectivity index (χ4n) is 2.41. The van der Waals surface area contributed by atoms with Gasteiger partial charge >= 0.3 is 5.97 Å². The monoisotopic (exact) mass is 347 g/mol. The lowest BCUT2D eigenvalue weighted by Crippen LogP contribution is -2.48. The number of carboxylic acids is 1. The summed E-state index contributed by atoms with van der Waals surface area (Å²) in [5.74, 6) is -1.06. The number of sulfonamides is 1. The van der Waals surface area contributed by atoms with E-state index in [-0.39, 0.29) is 18.0 Å². The standard InChI is InChI=1S/C14H18ClNO5S/c1-10-3-4-11(15)7-12(10)22(19,20)16-8-14(13(17)18)5-2-6-21-9-14/h3-4,7,16H,2,5-6,8-9H2,1H3,(H,17,18). The van der Waals surface area contributed by atoms with Crippen LogP contribution in [0.25, 0.3) is 0 Å². The van der Waals surface area contributed by atoms with Crippen LogP contribution in [0.3, 0.4) is 0 Å². The minimum absolute atomic E-state index is 0.000614. The van der Waals surface area contributed by atoms with E-state index >= 15 is 0 Å². The molecule has 0 bridgehead atoms. The third-order valence-corrected chi connectivity index (χ3v) is 5.59. The summed E-state index contributed by atoms with van der Waals surface area (Å²) in [6.07, 6.45) is 0.962. The summed E-state index contributed by atoms with van der Waals surface area (Å²) < 4.78 is 32.4. The first-order valence-electron chi connectivity index (χ1n) is 6.84. The minimum atomic E-state index is -3.84. The third kappa shape index (κ3) is 3.60. The largest absolute Gasteiger partial charge is 0.481 e. The van der Waals surface area contributed by atoms with E-state index in [1.54, 1.807) is 19.1 Å². The molecule has 1 aromatic carbocycles. The molecule has 0 spiro atoms. The van der Waals surface area contributed by atoms with Crippen molar-refractivity contribution in [3.05, 3.63) is 28.8 Å². The minimum Gasteiger partial charge on any atom is -0.481 e. The van der Waals surface area contributed by atoms with E-state index in [0.29, 0.717) is 30.0 Å². The average Bonchev–Trinajstić information content (AvgIpc) is 2.48. The van der Waals surface area contributed by atoms with E-state index < -0.39 is 21.4 Å². The predicted molar refractivity (Wildman–Crippen MR) is 81.5 cm³/mol. The van der Waals surface area contributed by atoms with Crippen LogP contribution in [0.15, 0.2) is 23.1 Å². The first kappa shape index (κ1) is 17.2. The molecule has 1 saturated heterocycles. The van der Waals surface area contributed by atoms with Gasteiger partial charge in [-0.05, 0) is 37.5 Å². The highest BCUT2D eigenvalue weighted by molar-refractivity contribution is 7.89. The van der Waals surface area contributed by atoms with E-state index in [4.69, 9.17) is 16.3 Å². The molecule has 0 aromatic heterocycles. The van der Waals surface area contributed by atoms with Gasteiger partial charge in [0.2, 0.25) is 10.0 Å². The van der Waals surface area contributed by atoms with Crippen LogP contribution in [0, 0.1) is 12.3 Å². The van der Waals surface area contributed by atoms with Crippen LogP contribution in [0.4, 0.5) is 0 Å². The second-order valence-corrected chi connectivity index (χ2v) is 7.65. The Morgan fingerprint density at radius 3 is 2.82 bits per heavy atom. The van der Waals surface area contributed by atoms with Crippen LogP contribution in [0.5, 0.6) is 0 Å². The van der Waals surface area contributed by atoms with Gasteiger partial charge in [-0.25, -0.2) is 13.1 Å². The molecule has 1 heterocycles. The smallest absolute Gasteiger partial charge is 0.313 e. The van der Waals surface area contributed by atoms with E-state index in [9.17, 15) is 18.3 Å². The zero-order chi connectivity index (χ0) is 16.4. The zero-order valence-electron chi connectivity index (χ0n) is 12.1. The van der Waals surface area contributed by atoms with Crippen molar-refractivity contribution in [2.75, 3.05) is 19.8 Å². The first-order chi connectivity index (χ1) is 10.3. The van der Waals surface area contributed by atoms with Gasteiger partial charge < -0.3 is 9.84 Å². The molecule has 6 nitrogen and oxygen atoms in total. The molecule has 1 fully saturated rings. The first-order valence-corrected chi connectivity index (χ1v) is 8.70. The zero-order valence-corrected chi connectivity index (χ0v) is 13.7. The van der Waals surface area contributed by atoms with E-state index in [2.05, 4.69) is 4.72 Å². The van der Waals surface area contributed by atoms with Gasteiger partial charge in [-0.15, -0.1) is 0 Å². The molecular weight excluding hydrogens is 330 g/mol. The third-order valence-electron chi connectivity index (χ3n) is 3.82. The van der Waals surface area contributed by atoms with Gasteiger partial charge in [0.1, 0.15) is 5.41 Å². The predicted octanol–water partition coefficient (Wildman–Crippen LogP) is 1.81. The second-order valence-electron chi connectivity index (χ2n) is 5.48. The van der Waals surface area contributed by atoms with E-state index in [1.165, 1.54) is 6.07 Å². The highest BCUT2D eigenvalue weighted by atomic mass is 35.5. The number of aryl methyl sites for hydroxylation is 1. The second kappa shape index (κ2) is 6.54. The Labute approximate surface area is 134 Å². The lowest BCUT2D eigenvalue weighted by molar-refractivity contribution is -0.156. The Bertz CT molecular complexity index is 668. The van der Waals surface area contributed by atoms with Crippen LogP contribution in [0.2, 0.25) is 5.02 Å². The van der Waals surface area contributed by atoms with E-state index in [0.717, 1.165) is 0 Å². The van der Waals surface area contributed by atoms with Crippen LogP contribution in [-0.4, -0.2) is 39.3 Å². The van der Waals surface area contributed by atoms with Gasteiger partial charge in [0, 0.05) is 18.2 Å². The quantitative estimate of drug-likeness (QED) is 0.847. The highest BCUT2D eigenvalue weighted by Crippen LogP contribution is 2.29. The van der Waals surface area contributed by atoms with Crippen molar-refractivity contribution in [2.24, 2.45) is 5.41 Å². The molecule has 2 N–H and O–H groups in total. The number of hydrogen-bond acceptors (Lipinski definition) is 4. The van der Waals surface area contributed by atoms with E-state index in [1.807, 2.05) is 0 Å². The van der Waals surface area contributed by atoms with Crippen molar-refractivity contribution < 1.29 is 23.1 Å². The van der Waals surface area contributed by atoms with Gasteiger partial charge in [0.25, 0.3) is 0 Å². The number of nitrogens with one attached hydrogen (secondary N) is 1. The maximum atomic E-state index is 12.4. The van der Waals surface area contributed by atoms with Gasteiger partial charge in [0.05, 0.1) is 11.5 Å². The Hall–Kier alpha value is -1.15. The molecule has 1 aromatic rings. The Morgan fingerprint density at radius 1 is 1.50 bits per heavy atom. The summed E-state index contributed by atoms with van der Waals surface area (Å²) in [4.78, 5) is 11.6. The van der Waals surface area contributed by atoms with Crippen molar-refractivity contribution in [3.8, 4) is 0 Å². The summed E-state index contributed by atoms with van der Waals surface area (Å²) in [6, 6.07) is 4.56. The van der Waals surface area contributed by atoms with Crippen LogP contribution < -0.4 is 4.72 Å². The molecule has 122 valence electrons. The molecule has 1 unspecified atom stereocenters. The Morgan fingerprint density at radius 2 is 2.23 bits per heavy atom. The molecule has 1 atom stereocenters. The van der Waals surface area contributed by atoms with Crippen molar-refractivity contribution >= 4 is 27.6 Å². The summed E-state index contributed by atoms with van der Waals surface area (Å²) in [6.45, 7) is 1.94. The number of benzene rings is 1. The normalized spacial score (nSPS) is 22.5. The summed E-state index contributed by atoms with van der Waals surface area (Å²) in [5, 5.41) is 9.72. The average molecular weight is 348 g/mol. The molecule has 2 rings (SSSR count). The fourth-order valence-corrected chi connectivity index (χ4v) is 4.04. The molecule has 0 saturated carbocycles. The van der Waals surface area contributed by atoms with Gasteiger partial charge in [-0.2, -0.15) is 0 Å². The molecule has 0 radical (unpaired) electrons. The highest BCUT2D eigenvalue weighted by Gasteiger charge is 2.41. The number of halogens is 1. The molecule has 0 aliphatic carbocycles. The van der Waals surface area contributed by atoms with Crippen molar-refractivity contribution in [1.29, 1.82) is 0 Å². The SMILES string of the molecule is Cc1ccc(Cl)cc1S(=O)(=O)NCC1(C(=O)O)CCCOC1. The number of hydrogen-bond donors (Lipinski definition) is 2. The van der Waals surface area contributed by atoms with Gasteiger partial charge in [-0.3, -0.25) is 4.79 Å². The Kier molecular flexibility index (Phi) is 5.11. The lowest BCUT2D eigenvalue weighted by atomic mass is 9.83. The summed E-state index contributed by atoms with van der Waals surface area (Å²) in [7, 11) is -3.84. The lowest BCUT2D eigenvalue weighted by Gasteiger charge is -2.32. The van der Waals surface area contributed by atoms with Crippen LogP contribution in [-0.2, 0) is 19.6 Å². The molecule has 1 aliphatic rings. The van der Waals surface area contributed by atoms with Gasteiger partial charge in [0.15, 0.2) is 0 Å². The molecule has 22 heavy (non-hydrogen) atoms. The van der Waals surface area contributed by atoms with Gasteiger partial charge in [-0.1, -0.05) is 17.7 Å². The summed E-state index contributed by atoms with van der Waals surface area (Å²) >= 11 is 5.84. The fraction of sp³-hybridized carbons (Fsp3) is 0.500. The van der Waals surface area contributed by atoms with Crippen LogP contribution >= 0.6 is 11.6 Å². The number of ether oxygens (including phenoxy) is 1. The molecule has 8 heteroatoms. The number of carboxylic acid groups (broad SMARTS) is 1. The Balaban J connectivity index is 2.21. The number of aliphatic carboxylic acids is 1. The number of carbonyl (C=O) groups is 1.